The highest BCUT2D eigenvalue weighted by molar-refractivity contribution is 5.82. The van der Waals surface area contributed by atoms with Gasteiger partial charge in [-0.25, -0.2) is 9.59 Å². The Bertz CT molecular complexity index is 316. The van der Waals surface area contributed by atoms with Crippen LogP contribution in [0.5, 0.6) is 0 Å². The lowest BCUT2D eigenvalue weighted by Crippen LogP contribution is -2.50. The standard InChI is InChI=1S/C13H24N2O4/c1-4-9(2)11(12(16)17)14-13(18)15(3)8-10-6-5-7-19-10/h9-11H,4-8H2,1-3H3,(H,14,18)(H,16,17). The fraction of sp³-hybridized carbons (Fsp3) is 0.846. The normalized spacial score (nSPS) is 21.7. The van der Waals surface area contributed by atoms with E-state index in [-0.39, 0.29) is 18.1 Å². The fourth-order valence-electron chi connectivity index (χ4n) is 2.10. The molecule has 3 unspecified atom stereocenters. The van der Waals surface area contributed by atoms with E-state index in [0.717, 1.165) is 19.4 Å². The van der Waals surface area contributed by atoms with Crippen LogP contribution in [-0.4, -0.2) is 54.4 Å². The molecule has 19 heavy (non-hydrogen) atoms. The molecule has 1 saturated heterocycles. The van der Waals surface area contributed by atoms with Gasteiger partial charge >= 0.3 is 12.0 Å². The van der Waals surface area contributed by atoms with E-state index in [1.807, 2.05) is 13.8 Å². The van der Waals surface area contributed by atoms with Crippen LogP contribution in [0.2, 0.25) is 0 Å². The first-order chi connectivity index (χ1) is 8.95. The van der Waals surface area contributed by atoms with Gasteiger partial charge in [0.2, 0.25) is 0 Å². The minimum absolute atomic E-state index is 0.0719. The fourth-order valence-corrected chi connectivity index (χ4v) is 2.10. The van der Waals surface area contributed by atoms with Gasteiger partial charge in [-0.05, 0) is 18.8 Å². The topological polar surface area (TPSA) is 78.9 Å². The van der Waals surface area contributed by atoms with Gasteiger partial charge in [-0.2, -0.15) is 0 Å². The zero-order chi connectivity index (χ0) is 14.4. The molecule has 0 aromatic heterocycles. The predicted octanol–water partition coefficient (Wildman–Crippen LogP) is 1.31. The Balaban J connectivity index is 2.48. The monoisotopic (exact) mass is 272 g/mol. The maximum Gasteiger partial charge on any atom is 0.326 e. The number of carboxylic acid groups (broad SMARTS) is 1. The van der Waals surface area contributed by atoms with Crippen LogP contribution >= 0.6 is 0 Å². The van der Waals surface area contributed by atoms with E-state index in [0.29, 0.717) is 13.0 Å². The maximum absolute atomic E-state index is 12.0. The third kappa shape index (κ3) is 4.70. The van der Waals surface area contributed by atoms with Crippen molar-refractivity contribution >= 4 is 12.0 Å². The third-order valence-electron chi connectivity index (χ3n) is 3.61. The summed E-state index contributed by atoms with van der Waals surface area (Å²) in [6, 6.07) is -1.20. The number of ether oxygens (including phenoxy) is 1. The second-order valence-corrected chi connectivity index (χ2v) is 5.17. The van der Waals surface area contributed by atoms with Gasteiger partial charge in [0.1, 0.15) is 6.04 Å². The van der Waals surface area contributed by atoms with Crippen molar-refractivity contribution in [1.82, 2.24) is 10.2 Å². The second-order valence-electron chi connectivity index (χ2n) is 5.17. The SMILES string of the molecule is CCC(C)C(NC(=O)N(C)CC1CCCO1)C(=O)O. The molecule has 1 rings (SSSR count). The molecule has 0 saturated carbocycles. The first-order valence-electron chi connectivity index (χ1n) is 6.81. The molecule has 1 heterocycles. The summed E-state index contributed by atoms with van der Waals surface area (Å²) in [4.78, 5) is 24.6. The van der Waals surface area contributed by atoms with Crippen LogP contribution in [0.15, 0.2) is 0 Å². The van der Waals surface area contributed by atoms with Crippen molar-refractivity contribution in [2.75, 3.05) is 20.2 Å². The number of nitrogens with zero attached hydrogens (tertiary/aromatic N) is 1. The molecule has 0 spiro atoms. The van der Waals surface area contributed by atoms with E-state index in [1.54, 1.807) is 7.05 Å². The molecule has 1 aliphatic rings. The van der Waals surface area contributed by atoms with Gasteiger partial charge in [-0.3, -0.25) is 0 Å². The summed E-state index contributed by atoms with van der Waals surface area (Å²) in [7, 11) is 1.66. The quantitative estimate of drug-likeness (QED) is 0.764. The molecule has 3 atom stereocenters. The van der Waals surface area contributed by atoms with Crippen LogP contribution in [0.1, 0.15) is 33.1 Å². The van der Waals surface area contributed by atoms with E-state index in [9.17, 15) is 9.59 Å². The lowest BCUT2D eigenvalue weighted by atomic mass is 9.99. The number of urea groups is 1. The minimum Gasteiger partial charge on any atom is -0.480 e. The molecule has 6 nitrogen and oxygen atoms in total. The zero-order valence-corrected chi connectivity index (χ0v) is 11.9. The van der Waals surface area contributed by atoms with Crippen LogP contribution in [-0.2, 0) is 9.53 Å². The number of hydrogen-bond donors (Lipinski definition) is 2. The third-order valence-corrected chi connectivity index (χ3v) is 3.61. The van der Waals surface area contributed by atoms with Crippen molar-refractivity contribution in [3.63, 3.8) is 0 Å². The van der Waals surface area contributed by atoms with E-state index in [4.69, 9.17) is 9.84 Å². The number of carbonyl (C=O) groups is 2. The molecule has 6 heteroatoms. The minimum atomic E-state index is -0.992. The number of carboxylic acids is 1. The molecule has 0 bridgehead atoms. The number of likely N-dealkylation sites (N-methyl/N-ethyl adjacent to an activating group) is 1. The average molecular weight is 272 g/mol. The Morgan fingerprint density at radius 2 is 2.21 bits per heavy atom. The highest BCUT2D eigenvalue weighted by atomic mass is 16.5. The van der Waals surface area contributed by atoms with Gasteiger partial charge in [0.25, 0.3) is 0 Å². The van der Waals surface area contributed by atoms with E-state index >= 15 is 0 Å². The smallest absolute Gasteiger partial charge is 0.326 e. The number of aliphatic carboxylic acids is 1. The van der Waals surface area contributed by atoms with Gasteiger partial charge in [-0.1, -0.05) is 20.3 Å². The predicted molar refractivity (Wildman–Crippen MR) is 71.0 cm³/mol. The lowest BCUT2D eigenvalue weighted by Gasteiger charge is -2.25. The van der Waals surface area contributed by atoms with Crippen LogP contribution in [0, 0.1) is 5.92 Å². The summed E-state index contributed by atoms with van der Waals surface area (Å²) in [5.41, 5.74) is 0. The van der Waals surface area contributed by atoms with Crippen molar-refractivity contribution in [3.05, 3.63) is 0 Å². The van der Waals surface area contributed by atoms with Crippen molar-refractivity contribution in [2.24, 2.45) is 5.92 Å². The van der Waals surface area contributed by atoms with Gasteiger partial charge in [0, 0.05) is 20.2 Å². The highest BCUT2D eigenvalue weighted by Gasteiger charge is 2.27. The zero-order valence-electron chi connectivity index (χ0n) is 11.9. The average Bonchev–Trinajstić information content (AvgIpc) is 2.86. The van der Waals surface area contributed by atoms with Crippen molar-refractivity contribution in [3.8, 4) is 0 Å². The molecular weight excluding hydrogens is 248 g/mol. The summed E-state index contributed by atoms with van der Waals surface area (Å²) in [6.45, 7) is 4.96. The van der Waals surface area contributed by atoms with Crippen LogP contribution in [0.3, 0.4) is 0 Å². The van der Waals surface area contributed by atoms with Gasteiger partial charge in [-0.15, -0.1) is 0 Å². The Hall–Kier alpha value is -1.30. The summed E-state index contributed by atoms with van der Waals surface area (Å²) in [5.74, 6) is -1.09. The molecule has 0 aromatic rings. The number of hydrogen-bond acceptors (Lipinski definition) is 3. The lowest BCUT2D eigenvalue weighted by molar-refractivity contribution is -0.140. The maximum atomic E-state index is 12.0. The van der Waals surface area contributed by atoms with Gasteiger partial charge < -0.3 is 20.1 Å². The summed E-state index contributed by atoms with van der Waals surface area (Å²) >= 11 is 0. The Morgan fingerprint density at radius 1 is 1.53 bits per heavy atom. The largest absolute Gasteiger partial charge is 0.480 e. The molecule has 2 amide bonds. The molecule has 0 radical (unpaired) electrons. The number of amides is 2. The summed E-state index contributed by atoms with van der Waals surface area (Å²) < 4.78 is 5.46. The van der Waals surface area contributed by atoms with Crippen LogP contribution in [0.25, 0.3) is 0 Å². The molecule has 2 N–H and O–H groups in total. The molecule has 0 aromatic carbocycles. The summed E-state index contributed by atoms with van der Waals surface area (Å²) in [6.07, 6.45) is 2.74. The number of rotatable bonds is 6. The Labute approximate surface area is 114 Å². The second kappa shape index (κ2) is 7.33. The Kier molecular flexibility index (Phi) is 6.08. The van der Waals surface area contributed by atoms with Crippen molar-refractivity contribution in [2.45, 2.75) is 45.3 Å². The molecule has 1 aliphatic heterocycles. The Morgan fingerprint density at radius 3 is 2.68 bits per heavy atom. The van der Waals surface area contributed by atoms with Crippen molar-refractivity contribution < 1.29 is 19.4 Å². The molecule has 1 fully saturated rings. The summed E-state index contributed by atoms with van der Waals surface area (Å²) in [5, 5.41) is 11.7. The number of carbonyl (C=O) groups excluding carboxylic acids is 1. The highest BCUT2D eigenvalue weighted by Crippen LogP contribution is 2.13. The van der Waals surface area contributed by atoms with Crippen molar-refractivity contribution in [1.29, 1.82) is 0 Å². The van der Waals surface area contributed by atoms with E-state index in [1.165, 1.54) is 4.90 Å². The molecular formula is C13H24N2O4. The molecule has 110 valence electrons. The van der Waals surface area contributed by atoms with Gasteiger partial charge in [0.05, 0.1) is 6.10 Å². The van der Waals surface area contributed by atoms with Crippen LogP contribution in [0.4, 0.5) is 4.79 Å². The first kappa shape index (κ1) is 15.8. The van der Waals surface area contributed by atoms with Crippen LogP contribution < -0.4 is 5.32 Å². The number of nitrogens with one attached hydrogen (secondary N) is 1. The first-order valence-corrected chi connectivity index (χ1v) is 6.81. The van der Waals surface area contributed by atoms with Gasteiger partial charge in [0.15, 0.2) is 0 Å². The van der Waals surface area contributed by atoms with E-state index < -0.39 is 12.0 Å². The molecule has 0 aliphatic carbocycles. The van der Waals surface area contributed by atoms with E-state index in [2.05, 4.69) is 5.32 Å².